The molecule has 2 heterocycles. The Morgan fingerprint density at radius 3 is 2.09 bits per heavy atom. The Labute approximate surface area is 252 Å². The lowest BCUT2D eigenvalue weighted by Crippen LogP contribution is -2.34. The Hall–Kier alpha value is -4.65. The lowest BCUT2D eigenvalue weighted by atomic mass is 9.85. The van der Waals surface area contributed by atoms with Crippen molar-refractivity contribution < 1.29 is 33.2 Å². The van der Waals surface area contributed by atoms with Crippen LogP contribution in [0.1, 0.15) is 58.8 Å². The minimum absolute atomic E-state index is 0.102. The molecule has 0 saturated carbocycles. The molecule has 43 heavy (non-hydrogen) atoms. The summed E-state index contributed by atoms with van der Waals surface area (Å²) < 4.78 is 36.7. The zero-order valence-electron chi connectivity index (χ0n) is 25.0. The van der Waals surface area contributed by atoms with Gasteiger partial charge in [0.1, 0.15) is 54.0 Å². The van der Waals surface area contributed by atoms with E-state index in [1.807, 2.05) is 72.8 Å². The minimum Gasteiger partial charge on any atom is -0.496 e. The monoisotopic (exact) mass is 580 g/mol. The van der Waals surface area contributed by atoms with Crippen molar-refractivity contribution >= 4 is 5.78 Å². The first kappa shape index (κ1) is 28.5. The Morgan fingerprint density at radius 1 is 0.791 bits per heavy atom. The summed E-state index contributed by atoms with van der Waals surface area (Å²) in [6, 6.07) is 25.2. The molecule has 0 aromatic heterocycles. The van der Waals surface area contributed by atoms with E-state index in [4.69, 9.17) is 28.4 Å². The molecule has 0 spiro atoms. The van der Waals surface area contributed by atoms with Crippen LogP contribution in [0.25, 0.3) is 0 Å². The van der Waals surface area contributed by atoms with Gasteiger partial charge < -0.3 is 28.4 Å². The summed E-state index contributed by atoms with van der Waals surface area (Å²) in [5.41, 5.74) is 3.68. The van der Waals surface area contributed by atoms with Crippen LogP contribution < -0.4 is 28.4 Å². The molecular formula is C36H36O7. The number of rotatable bonds is 9. The smallest absolute Gasteiger partial charge is 0.181 e. The second-order valence-corrected chi connectivity index (χ2v) is 11.4. The summed E-state index contributed by atoms with van der Waals surface area (Å²) in [5.74, 6) is 2.49. The first-order valence-corrected chi connectivity index (χ1v) is 14.5. The topological polar surface area (TPSA) is 72.5 Å². The molecule has 4 aromatic carbocycles. The molecule has 1 atom stereocenters. The van der Waals surface area contributed by atoms with Gasteiger partial charge in [-0.3, -0.25) is 4.79 Å². The van der Waals surface area contributed by atoms with Gasteiger partial charge in [0.25, 0.3) is 0 Å². The van der Waals surface area contributed by atoms with Gasteiger partial charge in [0.05, 0.1) is 20.1 Å². The highest BCUT2D eigenvalue weighted by Crippen LogP contribution is 2.49. The maximum Gasteiger partial charge on any atom is 0.181 e. The van der Waals surface area contributed by atoms with Crippen molar-refractivity contribution in [3.63, 3.8) is 0 Å². The van der Waals surface area contributed by atoms with Gasteiger partial charge in [0, 0.05) is 23.3 Å². The van der Waals surface area contributed by atoms with Gasteiger partial charge in [-0.1, -0.05) is 60.7 Å². The highest BCUT2D eigenvalue weighted by atomic mass is 16.5. The summed E-state index contributed by atoms with van der Waals surface area (Å²) in [4.78, 5) is 14.4. The molecule has 0 amide bonds. The highest BCUT2D eigenvalue weighted by Gasteiger charge is 2.40. The molecule has 0 aliphatic carbocycles. The Kier molecular flexibility index (Phi) is 7.89. The van der Waals surface area contributed by atoms with Gasteiger partial charge >= 0.3 is 0 Å². The Balaban J connectivity index is 1.36. The third kappa shape index (κ3) is 5.85. The molecule has 0 bridgehead atoms. The van der Waals surface area contributed by atoms with Gasteiger partial charge in [0.15, 0.2) is 17.3 Å². The molecular weight excluding hydrogens is 544 g/mol. The molecule has 7 nitrogen and oxygen atoms in total. The third-order valence-electron chi connectivity index (χ3n) is 7.99. The summed E-state index contributed by atoms with van der Waals surface area (Å²) >= 11 is 0. The molecule has 0 N–H and O–H groups in total. The van der Waals surface area contributed by atoms with Crippen LogP contribution in [-0.4, -0.2) is 32.2 Å². The molecule has 2 aliphatic rings. The molecule has 6 rings (SSSR count). The van der Waals surface area contributed by atoms with Crippen LogP contribution in [0.3, 0.4) is 0 Å². The van der Waals surface area contributed by atoms with Gasteiger partial charge in [-0.05, 0) is 43.9 Å². The highest BCUT2D eigenvalue weighted by molar-refractivity contribution is 6.07. The Bertz CT molecular complexity index is 1610. The zero-order valence-corrected chi connectivity index (χ0v) is 25.0. The number of hydrogen-bond donors (Lipinski definition) is 0. The summed E-state index contributed by atoms with van der Waals surface area (Å²) in [6.45, 7) is 4.94. The van der Waals surface area contributed by atoms with Crippen LogP contribution >= 0.6 is 0 Å². The van der Waals surface area contributed by atoms with Crippen molar-refractivity contribution in [2.75, 3.05) is 20.8 Å². The number of carbonyl (C=O) groups excluding carboxylic acids is 1. The normalized spacial score (nSPS) is 16.7. The second kappa shape index (κ2) is 11.9. The predicted octanol–water partition coefficient (Wildman–Crippen LogP) is 7.32. The standard InChI is InChI=1S/C36H36O7/c1-36(2)16-15-25-29(43-36)19-32-33(35(25)42-21-24-13-9-6-10-14-24)34(37)27(22-41-32)26-17-30(39-4)31(18-28(26)38-3)40-20-23-11-7-5-8-12-23/h5-14,17-19,27H,15-16,20-22H2,1-4H3. The Morgan fingerprint density at radius 2 is 1.44 bits per heavy atom. The minimum atomic E-state index is -0.641. The number of fused-ring (bicyclic) bond motifs is 2. The lowest BCUT2D eigenvalue weighted by Gasteiger charge is -2.36. The quantitative estimate of drug-likeness (QED) is 0.205. The van der Waals surface area contributed by atoms with E-state index in [0.717, 1.165) is 29.5 Å². The fourth-order valence-corrected chi connectivity index (χ4v) is 5.66. The predicted molar refractivity (Wildman–Crippen MR) is 163 cm³/mol. The molecule has 0 saturated heterocycles. The van der Waals surface area contributed by atoms with Crippen LogP contribution in [0.5, 0.6) is 34.5 Å². The third-order valence-corrected chi connectivity index (χ3v) is 7.99. The van der Waals surface area contributed by atoms with Crippen LogP contribution in [0.4, 0.5) is 0 Å². The number of ether oxygens (including phenoxy) is 6. The van der Waals surface area contributed by atoms with Crippen molar-refractivity contribution in [3.05, 3.63) is 107 Å². The van der Waals surface area contributed by atoms with Crippen molar-refractivity contribution in [3.8, 4) is 34.5 Å². The van der Waals surface area contributed by atoms with Crippen molar-refractivity contribution in [1.29, 1.82) is 0 Å². The molecule has 222 valence electrons. The van der Waals surface area contributed by atoms with E-state index >= 15 is 0 Å². The maximum atomic E-state index is 14.4. The molecule has 0 radical (unpaired) electrons. The first-order valence-electron chi connectivity index (χ1n) is 14.5. The number of benzene rings is 4. The average Bonchev–Trinajstić information content (AvgIpc) is 3.02. The number of hydrogen-bond acceptors (Lipinski definition) is 7. The van der Waals surface area contributed by atoms with Crippen LogP contribution in [0.15, 0.2) is 78.9 Å². The van der Waals surface area contributed by atoms with E-state index < -0.39 is 5.92 Å². The van der Waals surface area contributed by atoms with Crippen molar-refractivity contribution in [2.24, 2.45) is 0 Å². The number of methoxy groups -OCH3 is 2. The fraction of sp³-hybridized carbons (Fsp3) is 0.306. The van der Waals surface area contributed by atoms with E-state index in [1.165, 1.54) is 0 Å². The number of ketones is 1. The summed E-state index contributed by atoms with van der Waals surface area (Å²) in [6.07, 6.45) is 1.52. The molecule has 2 aliphatic heterocycles. The zero-order chi connectivity index (χ0) is 30.0. The van der Waals surface area contributed by atoms with E-state index in [-0.39, 0.29) is 18.0 Å². The van der Waals surface area contributed by atoms with Gasteiger partial charge in [0.2, 0.25) is 0 Å². The second-order valence-electron chi connectivity index (χ2n) is 11.4. The molecule has 1 unspecified atom stereocenters. The fourth-order valence-electron chi connectivity index (χ4n) is 5.66. The van der Waals surface area contributed by atoms with Crippen molar-refractivity contribution in [2.45, 2.75) is 51.4 Å². The summed E-state index contributed by atoms with van der Waals surface area (Å²) in [7, 11) is 3.16. The van der Waals surface area contributed by atoms with Crippen LogP contribution in [0, 0.1) is 0 Å². The number of Topliss-reactive ketones (excluding diaryl/α,β-unsaturated/α-hetero) is 1. The first-order chi connectivity index (χ1) is 20.9. The summed E-state index contributed by atoms with van der Waals surface area (Å²) in [5, 5.41) is 0. The average molecular weight is 581 g/mol. The van der Waals surface area contributed by atoms with Gasteiger partial charge in [-0.15, -0.1) is 0 Å². The van der Waals surface area contributed by atoms with E-state index in [1.54, 1.807) is 20.3 Å². The maximum absolute atomic E-state index is 14.4. The molecule has 7 heteroatoms. The largest absolute Gasteiger partial charge is 0.496 e. The van der Waals surface area contributed by atoms with E-state index in [0.29, 0.717) is 58.8 Å². The molecule has 4 aromatic rings. The number of carbonyl (C=O) groups is 1. The van der Waals surface area contributed by atoms with Gasteiger partial charge in [-0.2, -0.15) is 0 Å². The van der Waals surface area contributed by atoms with E-state index in [2.05, 4.69) is 13.8 Å². The van der Waals surface area contributed by atoms with Crippen molar-refractivity contribution in [1.82, 2.24) is 0 Å². The van der Waals surface area contributed by atoms with E-state index in [9.17, 15) is 4.79 Å². The molecule has 0 fully saturated rings. The van der Waals surface area contributed by atoms with Gasteiger partial charge in [-0.25, -0.2) is 0 Å². The SMILES string of the molecule is COc1cc(C2COc3cc4c(c(OCc5ccccc5)c3C2=O)CCC(C)(C)O4)c(OC)cc1OCc1ccccc1. The lowest BCUT2D eigenvalue weighted by molar-refractivity contribution is 0.0803. The van der Waals surface area contributed by atoms with Crippen LogP contribution in [-0.2, 0) is 19.6 Å². The van der Waals surface area contributed by atoms with Crippen LogP contribution in [0.2, 0.25) is 0 Å².